The second kappa shape index (κ2) is 4.38. The van der Waals surface area contributed by atoms with Gasteiger partial charge < -0.3 is 7.59 Å². The summed E-state index contributed by atoms with van der Waals surface area (Å²) >= 11 is 0. The summed E-state index contributed by atoms with van der Waals surface area (Å²) in [7, 11) is 0. The third-order valence-electron chi connectivity index (χ3n) is 1.55. The van der Waals surface area contributed by atoms with Gasteiger partial charge in [-0.3, -0.25) is 0 Å². The van der Waals surface area contributed by atoms with Crippen molar-refractivity contribution < 1.29 is 7.59 Å². The molecule has 2 rings (SSSR count). The summed E-state index contributed by atoms with van der Waals surface area (Å²) in [6.07, 6.45) is 4.10. The molecule has 0 N–H and O–H groups in total. The molecule has 0 amide bonds. The number of hydrogen-bond donors (Lipinski definition) is 0. The fourth-order valence-corrected chi connectivity index (χ4v) is 1.06. The topological polar surface area (TPSA) is 9.23 Å². The summed E-state index contributed by atoms with van der Waals surface area (Å²) < 4.78 is 5.34. The maximum atomic E-state index is 5.34. The summed E-state index contributed by atoms with van der Waals surface area (Å²) in [6.45, 7) is 0.705. The van der Waals surface area contributed by atoms with E-state index >= 15 is 0 Å². The standard InChI is InChI=1S/C9H8O.Ba.2H/c1-2-6-9-8(4-1)5-3-7-10-9;;;/h1-6H,7H2;;;/q;+2;2*-1. The molecule has 0 unspecified atom stereocenters. The largest absolute Gasteiger partial charge is 2.00 e. The van der Waals surface area contributed by atoms with Crippen LogP contribution in [0.15, 0.2) is 30.3 Å². The molecule has 0 aliphatic carbocycles. The Balaban J connectivity index is 0. The molecule has 0 bridgehead atoms. The van der Waals surface area contributed by atoms with Gasteiger partial charge in [0.05, 0.1) is 0 Å². The van der Waals surface area contributed by atoms with E-state index in [9.17, 15) is 0 Å². The molecule has 1 heterocycles. The quantitative estimate of drug-likeness (QED) is 0.655. The van der Waals surface area contributed by atoms with Crippen LogP contribution in [0.5, 0.6) is 5.75 Å². The number of para-hydroxylation sites is 1. The summed E-state index contributed by atoms with van der Waals surface area (Å²) in [5, 5.41) is 0. The number of hydrogen-bond acceptors (Lipinski definition) is 1. The molecule has 0 saturated carbocycles. The fourth-order valence-electron chi connectivity index (χ4n) is 1.06. The van der Waals surface area contributed by atoms with E-state index in [0.717, 1.165) is 5.75 Å². The molecular formula is C9H10BaO. The molecule has 11 heavy (non-hydrogen) atoms. The van der Waals surface area contributed by atoms with Crippen LogP contribution in [0.4, 0.5) is 0 Å². The van der Waals surface area contributed by atoms with Crippen molar-refractivity contribution in [1.82, 2.24) is 0 Å². The number of rotatable bonds is 0. The molecule has 0 atom stereocenters. The maximum Gasteiger partial charge on any atom is 2.00 e. The van der Waals surface area contributed by atoms with Crippen molar-refractivity contribution in [2.45, 2.75) is 0 Å². The first-order chi connectivity index (χ1) is 4.97. The zero-order chi connectivity index (χ0) is 6.81. The van der Waals surface area contributed by atoms with E-state index in [1.807, 2.05) is 30.3 Å². The van der Waals surface area contributed by atoms with Crippen molar-refractivity contribution in [1.29, 1.82) is 0 Å². The van der Waals surface area contributed by atoms with Gasteiger partial charge in [-0.15, -0.1) is 0 Å². The smallest absolute Gasteiger partial charge is 1.00 e. The van der Waals surface area contributed by atoms with Gasteiger partial charge in [-0.2, -0.15) is 0 Å². The number of ether oxygens (including phenoxy) is 1. The summed E-state index contributed by atoms with van der Waals surface area (Å²) in [6, 6.07) is 8.03. The zero-order valence-electron chi connectivity index (χ0n) is 8.29. The van der Waals surface area contributed by atoms with E-state index in [-0.39, 0.29) is 51.7 Å². The molecule has 0 radical (unpaired) electrons. The molecule has 1 aliphatic rings. The van der Waals surface area contributed by atoms with Crippen LogP contribution < -0.4 is 4.74 Å². The van der Waals surface area contributed by atoms with Crippen LogP contribution in [-0.2, 0) is 0 Å². The minimum Gasteiger partial charge on any atom is -1.00 e. The molecule has 1 nitrogen and oxygen atoms in total. The third-order valence-corrected chi connectivity index (χ3v) is 1.55. The molecular weight excluding hydrogens is 261 g/mol. The van der Waals surface area contributed by atoms with Gasteiger partial charge in [-0.25, -0.2) is 0 Å². The van der Waals surface area contributed by atoms with Gasteiger partial charge in [0.2, 0.25) is 0 Å². The minimum absolute atomic E-state index is 0. The summed E-state index contributed by atoms with van der Waals surface area (Å²) in [5.74, 6) is 0.991. The molecule has 2 heteroatoms. The Labute approximate surface area is 109 Å². The Morgan fingerprint density at radius 3 is 2.91 bits per heavy atom. The van der Waals surface area contributed by atoms with Crippen molar-refractivity contribution >= 4 is 55.0 Å². The average molecular weight is 272 g/mol. The Kier molecular flexibility index (Phi) is 3.75. The van der Waals surface area contributed by atoms with Crippen LogP contribution in [0.1, 0.15) is 8.42 Å². The molecule has 0 spiro atoms. The van der Waals surface area contributed by atoms with Crippen molar-refractivity contribution in [2.75, 3.05) is 6.61 Å². The summed E-state index contributed by atoms with van der Waals surface area (Å²) in [5.41, 5.74) is 1.17. The predicted octanol–water partition coefficient (Wildman–Crippen LogP) is 1.94. The van der Waals surface area contributed by atoms with E-state index in [4.69, 9.17) is 4.74 Å². The molecule has 0 fully saturated rings. The van der Waals surface area contributed by atoms with E-state index in [1.165, 1.54) is 5.56 Å². The van der Waals surface area contributed by atoms with Crippen molar-refractivity contribution in [3.05, 3.63) is 35.9 Å². The molecule has 1 aromatic rings. The van der Waals surface area contributed by atoms with Crippen LogP contribution in [0.25, 0.3) is 6.08 Å². The Bertz CT molecular complexity index is 276. The molecule has 0 saturated heterocycles. The second-order valence-corrected chi connectivity index (χ2v) is 2.25. The van der Waals surface area contributed by atoms with Crippen molar-refractivity contribution in [3.8, 4) is 5.75 Å². The fraction of sp³-hybridized carbons (Fsp3) is 0.111. The average Bonchev–Trinajstić information content (AvgIpc) is 2.05. The first kappa shape index (κ1) is 9.42. The molecule has 0 aromatic heterocycles. The minimum atomic E-state index is 0. The molecule has 1 aromatic carbocycles. The maximum absolute atomic E-state index is 5.34. The Morgan fingerprint density at radius 1 is 1.27 bits per heavy atom. The second-order valence-electron chi connectivity index (χ2n) is 2.25. The first-order valence-corrected chi connectivity index (χ1v) is 3.35. The van der Waals surface area contributed by atoms with Crippen LogP contribution in [0.3, 0.4) is 0 Å². The van der Waals surface area contributed by atoms with Gasteiger partial charge in [0.1, 0.15) is 12.4 Å². The Hall–Kier alpha value is 0.331. The first-order valence-electron chi connectivity index (χ1n) is 3.35. The monoisotopic (exact) mass is 272 g/mol. The van der Waals surface area contributed by atoms with E-state index < -0.39 is 0 Å². The van der Waals surface area contributed by atoms with Crippen LogP contribution >= 0.6 is 0 Å². The predicted molar refractivity (Wildman–Crippen MR) is 48.9 cm³/mol. The van der Waals surface area contributed by atoms with Gasteiger partial charge in [0.25, 0.3) is 0 Å². The van der Waals surface area contributed by atoms with E-state index in [0.29, 0.717) is 6.61 Å². The van der Waals surface area contributed by atoms with Crippen LogP contribution in [-0.4, -0.2) is 55.5 Å². The molecule has 1 aliphatic heterocycles. The van der Waals surface area contributed by atoms with Gasteiger partial charge in [0, 0.05) is 5.56 Å². The van der Waals surface area contributed by atoms with Gasteiger partial charge in [-0.1, -0.05) is 24.3 Å². The van der Waals surface area contributed by atoms with Gasteiger partial charge in [-0.05, 0) is 12.1 Å². The third kappa shape index (κ3) is 2.13. The Morgan fingerprint density at radius 2 is 2.09 bits per heavy atom. The van der Waals surface area contributed by atoms with E-state index in [2.05, 4.69) is 6.08 Å². The number of benzene rings is 1. The van der Waals surface area contributed by atoms with Gasteiger partial charge in [0.15, 0.2) is 0 Å². The number of fused-ring (bicyclic) bond motifs is 1. The van der Waals surface area contributed by atoms with E-state index in [1.54, 1.807) is 0 Å². The van der Waals surface area contributed by atoms with Crippen molar-refractivity contribution in [3.63, 3.8) is 0 Å². The summed E-state index contributed by atoms with van der Waals surface area (Å²) in [4.78, 5) is 0. The SMILES string of the molecule is C1=Cc2ccccc2OC1.[Ba+2].[H-].[H-]. The van der Waals surface area contributed by atoms with Gasteiger partial charge >= 0.3 is 48.9 Å². The molecule has 54 valence electrons. The zero-order valence-corrected chi connectivity index (χ0v) is 10.7. The van der Waals surface area contributed by atoms with Crippen LogP contribution in [0, 0.1) is 0 Å². The van der Waals surface area contributed by atoms with Crippen LogP contribution in [0.2, 0.25) is 0 Å². The normalized spacial score (nSPS) is 12.7. The van der Waals surface area contributed by atoms with Crippen molar-refractivity contribution in [2.24, 2.45) is 0 Å².